The first-order chi connectivity index (χ1) is 8.83. The van der Waals surface area contributed by atoms with Crippen molar-refractivity contribution in [2.24, 2.45) is 4.99 Å². The molecule has 94 valence electrons. The van der Waals surface area contributed by atoms with Gasteiger partial charge in [-0.3, -0.25) is 0 Å². The normalized spacial score (nSPS) is 22.7. The van der Waals surface area contributed by atoms with Crippen LogP contribution in [-0.4, -0.2) is 25.7 Å². The van der Waals surface area contributed by atoms with Gasteiger partial charge >= 0.3 is 115 Å². The quantitative estimate of drug-likeness (QED) is 0.789. The van der Waals surface area contributed by atoms with Gasteiger partial charge in [-0.2, -0.15) is 0 Å². The molecule has 0 bridgehead atoms. The predicted octanol–water partition coefficient (Wildman–Crippen LogP) is 3.48. The molecule has 18 heavy (non-hydrogen) atoms. The van der Waals surface area contributed by atoms with E-state index in [1.807, 2.05) is 0 Å². The van der Waals surface area contributed by atoms with Crippen molar-refractivity contribution >= 4 is 29.8 Å². The van der Waals surface area contributed by atoms with E-state index in [1.54, 1.807) is 0 Å². The van der Waals surface area contributed by atoms with Crippen LogP contribution >= 0.6 is 0 Å². The average molecular weight is 305 g/mol. The third kappa shape index (κ3) is 2.52. The van der Waals surface area contributed by atoms with Gasteiger partial charge in [-0.05, 0) is 0 Å². The standard InChI is InChI=1S/C15H18N2Se/c1-11-13-9-5-6-10-14(13)17-15(18-11)16-12-7-3-2-4-8-12/h5-6,9-10,12H,1-4,7-8H2,(H,16,17). The van der Waals surface area contributed by atoms with Crippen molar-refractivity contribution in [3.8, 4) is 0 Å². The van der Waals surface area contributed by atoms with Gasteiger partial charge in [0.15, 0.2) is 0 Å². The Morgan fingerprint density at radius 2 is 1.94 bits per heavy atom. The molecule has 1 heterocycles. The number of benzene rings is 1. The fourth-order valence-corrected chi connectivity index (χ4v) is 4.44. The van der Waals surface area contributed by atoms with Crippen molar-refractivity contribution in [1.82, 2.24) is 0 Å². The second-order valence-electron chi connectivity index (χ2n) is 4.92. The first kappa shape index (κ1) is 12.0. The summed E-state index contributed by atoms with van der Waals surface area (Å²) in [6.07, 6.45) is 6.58. The topological polar surface area (TPSA) is 24.4 Å². The molecule has 1 aliphatic heterocycles. The van der Waals surface area contributed by atoms with Crippen molar-refractivity contribution in [3.05, 3.63) is 36.4 Å². The molecule has 1 aromatic carbocycles. The summed E-state index contributed by atoms with van der Waals surface area (Å²) in [6.45, 7) is 4.21. The fourth-order valence-electron chi connectivity index (χ4n) is 2.58. The number of para-hydroxylation sites is 1. The fraction of sp³-hybridized carbons (Fsp3) is 0.400. The van der Waals surface area contributed by atoms with E-state index in [0.717, 1.165) is 4.73 Å². The molecule has 0 spiro atoms. The van der Waals surface area contributed by atoms with Gasteiger partial charge in [0, 0.05) is 0 Å². The van der Waals surface area contributed by atoms with E-state index in [9.17, 15) is 0 Å². The number of nitrogens with one attached hydrogen (secondary N) is 1. The van der Waals surface area contributed by atoms with E-state index in [2.05, 4.69) is 36.2 Å². The van der Waals surface area contributed by atoms with Crippen LogP contribution in [0, 0.1) is 0 Å². The van der Waals surface area contributed by atoms with Crippen molar-refractivity contribution < 1.29 is 0 Å². The van der Waals surface area contributed by atoms with Gasteiger partial charge in [0.25, 0.3) is 0 Å². The molecular weight excluding hydrogens is 287 g/mol. The van der Waals surface area contributed by atoms with Crippen LogP contribution in [0.3, 0.4) is 0 Å². The number of fused-ring (bicyclic) bond motifs is 1. The number of nitrogens with zero attached hydrogens (tertiary/aromatic N) is 1. The number of amidine groups is 1. The summed E-state index contributed by atoms with van der Waals surface area (Å²) < 4.78 is 2.41. The molecule has 1 saturated carbocycles. The predicted molar refractivity (Wildman–Crippen MR) is 79.2 cm³/mol. The van der Waals surface area contributed by atoms with Gasteiger partial charge in [0.1, 0.15) is 0 Å². The van der Waals surface area contributed by atoms with Crippen LogP contribution in [0.5, 0.6) is 0 Å². The molecule has 0 aromatic heterocycles. The molecule has 3 rings (SSSR count). The van der Waals surface area contributed by atoms with E-state index in [4.69, 9.17) is 4.99 Å². The SMILES string of the molecule is C=C1[Se]C(=NC2CCCCC2)Nc2ccccc21. The summed E-state index contributed by atoms with van der Waals surface area (Å²) in [6, 6.07) is 8.94. The number of anilines is 1. The molecule has 0 unspecified atom stereocenters. The monoisotopic (exact) mass is 306 g/mol. The zero-order chi connectivity index (χ0) is 12.4. The molecule has 1 fully saturated rings. The van der Waals surface area contributed by atoms with Crippen LogP contribution in [0.1, 0.15) is 37.7 Å². The van der Waals surface area contributed by atoms with Crippen molar-refractivity contribution in [2.75, 3.05) is 5.32 Å². The van der Waals surface area contributed by atoms with E-state index >= 15 is 0 Å². The Hall–Kier alpha value is -1.05. The summed E-state index contributed by atoms with van der Waals surface area (Å²) in [5, 5.41) is 3.49. The molecule has 1 aliphatic carbocycles. The van der Waals surface area contributed by atoms with Crippen LogP contribution < -0.4 is 5.32 Å². The van der Waals surface area contributed by atoms with E-state index in [-0.39, 0.29) is 15.0 Å². The summed E-state index contributed by atoms with van der Waals surface area (Å²) >= 11 is 0.270. The molecule has 0 atom stereocenters. The minimum absolute atomic E-state index is 0.270. The van der Waals surface area contributed by atoms with Gasteiger partial charge < -0.3 is 0 Å². The second-order valence-corrected chi connectivity index (χ2v) is 7.20. The Balaban J connectivity index is 1.80. The first-order valence-corrected chi connectivity index (χ1v) is 8.35. The molecular formula is C15H18N2Se. The number of aliphatic imine (C=N–C) groups is 1. The molecule has 3 heteroatoms. The Bertz CT molecular complexity index is 487. The van der Waals surface area contributed by atoms with Gasteiger partial charge in [-0.1, -0.05) is 0 Å². The Morgan fingerprint density at radius 1 is 1.17 bits per heavy atom. The van der Waals surface area contributed by atoms with Gasteiger partial charge in [-0.15, -0.1) is 0 Å². The summed E-state index contributed by atoms with van der Waals surface area (Å²) in [7, 11) is 0. The summed E-state index contributed by atoms with van der Waals surface area (Å²) in [5.41, 5.74) is 2.44. The minimum atomic E-state index is 0.270. The van der Waals surface area contributed by atoms with Crippen LogP contribution in [-0.2, 0) is 0 Å². The molecule has 2 nitrogen and oxygen atoms in total. The third-order valence-electron chi connectivity index (χ3n) is 3.56. The molecule has 2 aliphatic rings. The molecule has 0 saturated heterocycles. The number of hydrogen-bond acceptors (Lipinski definition) is 1. The van der Waals surface area contributed by atoms with Crippen molar-refractivity contribution in [1.29, 1.82) is 0 Å². The third-order valence-corrected chi connectivity index (χ3v) is 5.38. The van der Waals surface area contributed by atoms with Gasteiger partial charge in [-0.25, -0.2) is 0 Å². The number of rotatable bonds is 1. The van der Waals surface area contributed by atoms with E-state index in [1.165, 1.54) is 47.8 Å². The van der Waals surface area contributed by atoms with Crippen LogP contribution in [0.15, 0.2) is 35.8 Å². The zero-order valence-electron chi connectivity index (χ0n) is 10.5. The van der Waals surface area contributed by atoms with Crippen molar-refractivity contribution in [3.63, 3.8) is 0 Å². The zero-order valence-corrected chi connectivity index (χ0v) is 12.2. The van der Waals surface area contributed by atoms with Crippen molar-refractivity contribution in [2.45, 2.75) is 38.1 Å². The van der Waals surface area contributed by atoms with Crippen LogP contribution in [0.25, 0.3) is 4.47 Å². The summed E-state index contributed by atoms with van der Waals surface area (Å²) in [4.78, 5) is 4.92. The Labute approximate surface area is 115 Å². The van der Waals surface area contributed by atoms with E-state index < -0.39 is 0 Å². The molecule has 0 radical (unpaired) electrons. The van der Waals surface area contributed by atoms with E-state index in [0.29, 0.717) is 6.04 Å². The molecule has 1 aromatic rings. The number of hydrogen-bond donors (Lipinski definition) is 1. The first-order valence-electron chi connectivity index (χ1n) is 6.64. The Morgan fingerprint density at radius 3 is 2.78 bits per heavy atom. The Kier molecular flexibility index (Phi) is 3.53. The maximum atomic E-state index is 4.92. The van der Waals surface area contributed by atoms with Gasteiger partial charge in [0.2, 0.25) is 0 Å². The maximum absolute atomic E-state index is 4.92. The average Bonchev–Trinajstić information content (AvgIpc) is 2.40. The van der Waals surface area contributed by atoms with Crippen LogP contribution in [0.4, 0.5) is 5.69 Å². The second kappa shape index (κ2) is 5.29. The van der Waals surface area contributed by atoms with Gasteiger partial charge in [0.05, 0.1) is 0 Å². The molecule has 1 N–H and O–H groups in total. The summed E-state index contributed by atoms with van der Waals surface area (Å²) in [5.74, 6) is 0. The molecule has 0 amide bonds. The van der Waals surface area contributed by atoms with Crippen LogP contribution in [0.2, 0.25) is 0 Å².